The number of rotatable bonds is 12. The molecular weight excluding hydrogens is 525 g/mol. The van der Waals surface area contributed by atoms with Crippen molar-refractivity contribution in [1.82, 2.24) is 30.3 Å². The van der Waals surface area contributed by atoms with E-state index in [0.29, 0.717) is 30.9 Å². The van der Waals surface area contributed by atoms with Crippen molar-refractivity contribution in [3.63, 3.8) is 0 Å². The van der Waals surface area contributed by atoms with E-state index in [1.165, 1.54) is 24.5 Å². The number of benzene rings is 1. The average Bonchev–Trinajstić information content (AvgIpc) is 3.35. The third kappa shape index (κ3) is 7.12. The normalized spacial score (nSPS) is 17.1. The van der Waals surface area contributed by atoms with Crippen LogP contribution in [-0.2, 0) is 4.79 Å². The van der Waals surface area contributed by atoms with Crippen LogP contribution in [0.5, 0.6) is 11.6 Å². The van der Waals surface area contributed by atoms with Crippen LogP contribution in [0.15, 0.2) is 24.5 Å². The Hall–Kier alpha value is -3.34. The third-order valence-corrected chi connectivity index (χ3v) is 8.28. The standard InChI is InChI=1S/C30H44FN7O3/c1-7-38(21(4)5)29(40)24-15-23(31)10-11-26(24)41-28-27(33-19-34-35-28)36-14-12-30(16-36)17-37(18-30)25(20(2)3)9-8-13-32-22(6)39/h10-11,15,19-21,25H,7-9,12-14,16-18H2,1-6H3,(H,32,39). The maximum Gasteiger partial charge on any atom is 0.282 e. The van der Waals surface area contributed by atoms with E-state index in [4.69, 9.17) is 4.74 Å². The molecule has 0 radical (unpaired) electrons. The van der Waals surface area contributed by atoms with Crippen LogP contribution < -0.4 is 15.0 Å². The summed E-state index contributed by atoms with van der Waals surface area (Å²) in [4.78, 5) is 35.4. The molecule has 0 saturated carbocycles. The minimum Gasteiger partial charge on any atom is -0.434 e. The minimum atomic E-state index is -0.510. The van der Waals surface area contributed by atoms with E-state index in [1.54, 1.807) is 11.8 Å². The van der Waals surface area contributed by atoms with Gasteiger partial charge in [-0.1, -0.05) is 13.8 Å². The van der Waals surface area contributed by atoms with Gasteiger partial charge in [0.15, 0.2) is 5.82 Å². The monoisotopic (exact) mass is 569 g/mol. The molecule has 0 bridgehead atoms. The van der Waals surface area contributed by atoms with Gasteiger partial charge in [-0.05, 0) is 64.2 Å². The SMILES string of the molecule is CCN(C(=O)c1cc(F)ccc1Oc1nncnc1N1CCC2(C1)CN(C(CCCNC(C)=O)C(C)C)C2)C(C)C. The predicted octanol–water partition coefficient (Wildman–Crippen LogP) is 4.13. The van der Waals surface area contributed by atoms with Gasteiger partial charge in [-0.25, -0.2) is 9.37 Å². The van der Waals surface area contributed by atoms with Crippen LogP contribution in [0.2, 0.25) is 0 Å². The Bertz CT molecular complexity index is 1220. The molecule has 3 heterocycles. The van der Waals surface area contributed by atoms with Gasteiger partial charge >= 0.3 is 0 Å². The van der Waals surface area contributed by atoms with E-state index in [9.17, 15) is 14.0 Å². The Kier molecular flexibility index (Phi) is 9.78. The number of hydrogen-bond donors (Lipinski definition) is 1. The Morgan fingerprint density at radius 2 is 1.95 bits per heavy atom. The molecule has 2 aromatic rings. The molecule has 224 valence electrons. The highest BCUT2D eigenvalue weighted by molar-refractivity contribution is 5.97. The first-order valence-electron chi connectivity index (χ1n) is 14.7. The molecule has 1 N–H and O–H groups in total. The van der Waals surface area contributed by atoms with Crippen molar-refractivity contribution in [1.29, 1.82) is 0 Å². The lowest BCUT2D eigenvalue weighted by molar-refractivity contribution is -0.119. The molecule has 0 aliphatic carbocycles. The van der Waals surface area contributed by atoms with Crippen molar-refractivity contribution < 1.29 is 18.7 Å². The van der Waals surface area contributed by atoms with Crippen molar-refractivity contribution in [3.05, 3.63) is 35.9 Å². The van der Waals surface area contributed by atoms with Gasteiger partial charge in [0.25, 0.3) is 11.8 Å². The van der Waals surface area contributed by atoms with Crippen molar-refractivity contribution in [3.8, 4) is 11.6 Å². The number of anilines is 1. The van der Waals surface area contributed by atoms with Gasteiger partial charge in [0, 0.05) is 63.7 Å². The Morgan fingerprint density at radius 3 is 2.61 bits per heavy atom. The molecule has 2 amide bonds. The number of halogens is 1. The molecule has 1 aromatic heterocycles. The summed E-state index contributed by atoms with van der Waals surface area (Å²) in [6.45, 7) is 16.7. The quantitative estimate of drug-likeness (QED) is 0.381. The molecule has 11 heteroatoms. The molecule has 2 aliphatic rings. The minimum absolute atomic E-state index is 0.0170. The Morgan fingerprint density at radius 1 is 1.20 bits per heavy atom. The molecule has 41 heavy (non-hydrogen) atoms. The van der Waals surface area contributed by atoms with Crippen molar-refractivity contribution >= 4 is 17.6 Å². The number of carbonyl (C=O) groups is 2. The fraction of sp³-hybridized carbons (Fsp3) is 0.633. The second-order valence-electron chi connectivity index (χ2n) is 12.0. The van der Waals surface area contributed by atoms with E-state index < -0.39 is 5.82 Å². The summed E-state index contributed by atoms with van der Waals surface area (Å²) >= 11 is 0. The van der Waals surface area contributed by atoms with Crippen LogP contribution in [0.1, 0.15) is 71.2 Å². The summed E-state index contributed by atoms with van der Waals surface area (Å²) in [5, 5.41) is 11.1. The lowest BCUT2D eigenvalue weighted by Gasteiger charge is -2.53. The molecule has 2 fully saturated rings. The molecular formula is C30H44FN7O3. The van der Waals surface area contributed by atoms with Crippen LogP contribution in [0.3, 0.4) is 0 Å². The molecule has 1 spiro atoms. The molecule has 2 aliphatic heterocycles. The van der Waals surface area contributed by atoms with Gasteiger partial charge in [-0.2, -0.15) is 0 Å². The number of aromatic nitrogens is 3. The largest absolute Gasteiger partial charge is 0.434 e. The van der Waals surface area contributed by atoms with Crippen molar-refractivity contribution in [2.45, 2.75) is 72.9 Å². The van der Waals surface area contributed by atoms with E-state index in [0.717, 1.165) is 45.4 Å². The fourth-order valence-electron chi connectivity index (χ4n) is 6.24. The zero-order valence-corrected chi connectivity index (χ0v) is 25.2. The molecule has 1 unspecified atom stereocenters. The molecule has 1 aromatic carbocycles. The number of nitrogens with zero attached hydrogens (tertiary/aromatic N) is 6. The number of ether oxygens (including phenoxy) is 1. The van der Waals surface area contributed by atoms with Gasteiger partial charge in [0.1, 0.15) is 17.9 Å². The van der Waals surface area contributed by atoms with Gasteiger partial charge in [-0.3, -0.25) is 14.5 Å². The summed E-state index contributed by atoms with van der Waals surface area (Å²) in [5.74, 6) is 0.730. The van der Waals surface area contributed by atoms with Crippen molar-refractivity contribution in [2.24, 2.45) is 11.3 Å². The van der Waals surface area contributed by atoms with E-state index in [-0.39, 0.29) is 40.5 Å². The van der Waals surface area contributed by atoms with Gasteiger partial charge < -0.3 is 19.9 Å². The smallest absolute Gasteiger partial charge is 0.282 e. The fourth-order valence-corrected chi connectivity index (χ4v) is 6.24. The van der Waals surface area contributed by atoms with E-state index >= 15 is 0 Å². The summed E-state index contributed by atoms with van der Waals surface area (Å²) < 4.78 is 20.4. The number of likely N-dealkylation sites (tertiary alicyclic amines) is 1. The first kappa shape index (κ1) is 30.6. The Labute approximate surface area is 242 Å². The number of nitrogens with one attached hydrogen (secondary N) is 1. The molecule has 1 atom stereocenters. The molecule has 2 saturated heterocycles. The maximum absolute atomic E-state index is 14.2. The van der Waals surface area contributed by atoms with Crippen LogP contribution in [-0.4, -0.2) is 88.1 Å². The lowest BCUT2D eigenvalue weighted by Crippen LogP contribution is -2.62. The Balaban J connectivity index is 1.45. The summed E-state index contributed by atoms with van der Waals surface area (Å²) in [6.07, 6.45) is 4.45. The second kappa shape index (κ2) is 13.1. The average molecular weight is 570 g/mol. The van der Waals surface area contributed by atoms with Crippen LogP contribution in [0.25, 0.3) is 0 Å². The molecule has 10 nitrogen and oxygen atoms in total. The van der Waals surface area contributed by atoms with Crippen molar-refractivity contribution in [2.75, 3.05) is 44.2 Å². The van der Waals surface area contributed by atoms with Crippen LogP contribution >= 0.6 is 0 Å². The van der Waals surface area contributed by atoms with Gasteiger partial charge in [-0.15, -0.1) is 10.2 Å². The zero-order chi connectivity index (χ0) is 29.7. The van der Waals surface area contributed by atoms with Gasteiger partial charge in [0.2, 0.25) is 5.91 Å². The number of amides is 2. The zero-order valence-electron chi connectivity index (χ0n) is 25.2. The van der Waals surface area contributed by atoms with E-state index in [1.807, 2.05) is 20.8 Å². The van der Waals surface area contributed by atoms with Crippen LogP contribution in [0, 0.1) is 17.2 Å². The van der Waals surface area contributed by atoms with E-state index in [2.05, 4.69) is 44.1 Å². The van der Waals surface area contributed by atoms with Gasteiger partial charge in [0.05, 0.1) is 5.56 Å². The summed E-state index contributed by atoms with van der Waals surface area (Å²) in [6, 6.07) is 4.37. The summed E-state index contributed by atoms with van der Waals surface area (Å²) in [7, 11) is 0. The number of carbonyl (C=O) groups excluding carboxylic acids is 2. The first-order valence-corrected chi connectivity index (χ1v) is 14.7. The predicted molar refractivity (Wildman–Crippen MR) is 156 cm³/mol. The highest BCUT2D eigenvalue weighted by Crippen LogP contribution is 2.44. The number of hydrogen-bond acceptors (Lipinski definition) is 8. The lowest BCUT2D eigenvalue weighted by atomic mass is 9.76. The highest BCUT2D eigenvalue weighted by atomic mass is 19.1. The molecule has 4 rings (SSSR count). The highest BCUT2D eigenvalue weighted by Gasteiger charge is 2.50. The maximum atomic E-state index is 14.2. The van der Waals surface area contributed by atoms with Crippen LogP contribution in [0.4, 0.5) is 10.2 Å². The summed E-state index contributed by atoms with van der Waals surface area (Å²) in [5.41, 5.74) is 0.311. The second-order valence-corrected chi connectivity index (χ2v) is 12.0. The topological polar surface area (TPSA) is 104 Å². The third-order valence-electron chi connectivity index (χ3n) is 8.28. The first-order chi connectivity index (χ1) is 19.5.